The van der Waals surface area contributed by atoms with Crippen molar-refractivity contribution >= 4 is 15.9 Å². The van der Waals surface area contributed by atoms with Crippen LogP contribution in [0.15, 0.2) is 43.0 Å². The lowest BCUT2D eigenvalue weighted by Gasteiger charge is -2.30. The van der Waals surface area contributed by atoms with Gasteiger partial charge in [0, 0.05) is 37.7 Å². The number of nitrogens with zero attached hydrogens (tertiary/aromatic N) is 3. The number of rotatable bonds is 5. The molecule has 0 saturated carbocycles. The molecule has 0 spiro atoms. The molecule has 1 aromatic heterocycles. The summed E-state index contributed by atoms with van der Waals surface area (Å²) in [6.07, 6.45) is 7.94. The molecule has 2 aromatic rings. The Hall–Kier alpha value is -2.19. The molecule has 1 amide bonds. The van der Waals surface area contributed by atoms with E-state index in [0.29, 0.717) is 19.5 Å². The molecule has 7 nitrogen and oxygen atoms in total. The van der Waals surface area contributed by atoms with Gasteiger partial charge in [-0.3, -0.25) is 4.79 Å². The van der Waals surface area contributed by atoms with Gasteiger partial charge in [0.05, 0.1) is 18.5 Å². The lowest BCUT2D eigenvalue weighted by Crippen LogP contribution is -2.44. The fourth-order valence-corrected chi connectivity index (χ4v) is 3.90. The SMILES string of the molecule is CS(=O)(=O)N1CCCC(C(=O)NCc2ccc(-n3ccnc3)cc2)C1. The van der Waals surface area contributed by atoms with Crippen LogP contribution >= 0.6 is 0 Å². The summed E-state index contributed by atoms with van der Waals surface area (Å²) < 4.78 is 26.6. The van der Waals surface area contributed by atoms with Crippen molar-refractivity contribution in [3.05, 3.63) is 48.5 Å². The van der Waals surface area contributed by atoms with E-state index in [4.69, 9.17) is 0 Å². The van der Waals surface area contributed by atoms with Gasteiger partial charge < -0.3 is 9.88 Å². The van der Waals surface area contributed by atoms with Crippen molar-refractivity contribution in [3.63, 3.8) is 0 Å². The molecule has 0 aliphatic carbocycles. The molecule has 1 aromatic carbocycles. The van der Waals surface area contributed by atoms with Crippen LogP contribution in [0.2, 0.25) is 0 Å². The smallest absolute Gasteiger partial charge is 0.224 e. The molecule has 0 radical (unpaired) electrons. The lowest BCUT2D eigenvalue weighted by atomic mass is 9.99. The molecule has 1 aliphatic rings. The average molecular weight is 362 g/mol. The number of hydrogen-bond acceptors (Lipinski definition) is 4. The summed E-state index contributed by atoms with van der Waals surface area (Å²) in [4.78, 5) is 16.4. The van der Waals surface area contributed by atoms with Gasteiger partial charge in [-0.1, -0.05) is 12.1 Å². The zero-order valence-corrected chi connectivity index (χ0v) is 14.9. The van der Waals surface area contributed by atoms with Crippen LogP contribution in [0.5, 0.6) is 0 Å². The van der Waals surface area contributed by atoms with Crippen molar-refractivity contribution in [1.82, 2.24) is 19.2 Å². The number of amides is 1. The maximum absolute atomic E-state index is 12.4. The minimum Gasteiger partial charge on any atom is -0.352 e. The second kappa shape index (κ2) is 7.37. The Bertz CT molecular complexity index is 816. The van der Waals surface area contributed by atoms with E-state index in [1.807, 2.05) is 35.0 Å². The number of aromatic nitrogens is 2. The number of benzene rings is 1. The van der Waals surface area contributed by atoms with Gasteiger partial charge in [-0.25, -0.2) is 17.7 Å². The number of piperidine rings is 1. The van der Waals surface area contributed by atoms with Crippen molar-refractivity contribution in [1.29, 1.82) is 0 Å². The fraction of sp³-hybridized carbons (Fsp3) is 0.412. The number of carbonyl (C=O) groups excluding carboxylic acids is 1. The molecular weight excluding hydrogens is 340 g/mol. The number of imidazole rings is 1. The Balaban J connectivity index is 1.55. The Morgan fingerprint density at radius 3 is 2.72 bits per heavy atom. The van der Waals surface area contributed by atoms with E-state index in [2.05, 4.69) is 10.3 Å². The molecule has 1 fully saturated rings. The molecule has 3 rings (SSSR count). The highest BCUT2D eigenvalue weighted by Gasteiger charge is 2.29. The van der Waals surface area contributed by atoms with Crippen molar-refractivity contribution in [3.8, 4) is 5.69 Å². The van der Waals surface area contributed by atoms with Gasteiger partial charge >= 0.3 is 0 Å². The van der Waals surface area contributed by atoms with Crippen LogP contribution in [-0.4, -0.2) is 47.5 Å². The molecule has 2 heterocycles. The molecule has 1 aliphatic heterocycles. The number of carbonyl (C=O) groups is 1. The third-order valence-electron chi connectivity index (χ3n) is 4.43. The van der Waals surface area contributed by atoms with Crippen LogP contribution in [0.1, 0.15) is 18.4 Å². The first kappa shape index (κ1) is 17.6. The molecule has 0 bridgehead atoms. The second-order valence-electron chi connectivity index (χ2n) is 6.31. The molecule has 1 atom stereocenters. The van der Waals surface area contributed by atoms with Crippen molar-refractivity contribution in [2.75, 3.05) is 19.3 Å². The van der Waals surface area contributed by atoms with Gasteiger partial charge in [-0.15, -0.1) is 0 Å². The van der Waals surface area contributed by atoms with Gasteiger partial charge in [0.15, 0.2) is 0 Å². The predicted molar refractivity (Wildman–Crippen MR) is 94.6 cm³/mol. The molecule has 25 heavy (non-hydrogen) atoms. The first-order valence-electron chi connectivity index (χ1n) is 8.23. The minimum absolute atomic E-state index is 0.0907. The normalized spacial score (nSPS) is 18.8. The quantitative estimate of drug-likeness (QED) is 0.865. The molecule has 1 N–H and O–H groups in total. The Labute approximate surface area is 147 Å². The van der Waals surface area contributed by atoms with Crippen LogP contribution in [0.4, 0.5) is 0 Å². The van der Waals surface area contributed by atoms with E-state index in [-0.39, 0.29) is 18.4 Å². The monoisotopic (exact) mass is 362 g/mol. The standard InChI is InChI=1S/C17H22N4O3S/c1-25(23,24)21-9-2-3-15(12-21)17(22)19-11-14-4-6-16(7-5-14)20-10-8-18-13-20/h4-8,10,13,15H,2-3,9,11-12H2,1H3,(H,19,22). The van der Waals surface area contributed by atoms with E-state index in [1.54, 1.807) is 12.5 Å². The minimum atomic E-state index is -3.24. The predicted octanol–water partition coefficient (Wildman–Crippen LogP) is 1.16. The zero-order chi connectivity index (χ0) is 17.9. The van der Waals surface area contributed by atoms with Gasteiger partial charge in [0.25, 0.3) is 0 Å². The molecule has 1 saturated heterocycles. The first-order chi connectivity index (χ1) is 11.9. The number of hydrogen-bond donors (Lipinski definition) is 1. The molecule has 134 valence electrons. The van der Waals surface area contributed by atoms with Crippen LogP contribution < -0.4 is 5.32 Å². The Kier molecular flexibility index (Phi) is 5.19. The highest BCUT2D eigenvalue weighted by Crippen LogP contribution is 2.19. The summed E-state index contributed by atoms with van der Waals surface area (Å²) in [7, 11) is -3.24. The van der Waals surface area contributed by atoms with Gasteiger partial charge in [0.1, 0.15) is 0 Å². The van der Waals surface area contributed by atoms with Gasteiger partial charge in [-0.05, 0) is 30.5 Å². The topological polar surface area (TPSA) is 84.3 Å². The third-order valence-corrected chi connectivity index (χ3v) is 5.70. The summed E-state index contributed by atoms with van der Waals surface area (Å²) in [5.41, 5.74) is 2.00. The number of sulfonamides is 1. The second-order valence-corrected chi connectivity index (χ2v) is 8.30. The highest BCUT2D eigenvalue weighted by atomic mass is 32.2. The van der Waals surface area contributed by atoms with Gasteiger partial charge in [-0.2, -0.15) is 0 Å². The van der Waals surface area contributed by atoms with Crippen LogP contribution in [0, 0.1) is 5.92 Å². The van der Waals surface area contributed by atoms with E-state index in [1.165, 1.54) is 10.6 Å². The zero-order valence-electron chi connectivity index (χ0n) is 14.1. The lowest BCUT2D eigenvalue weighted by molar-refractivity contribution is -0.126. The van der Waals surface area contributed by atoms with Crippen molar-refractivity contribution in [2.24, 2.45) is 5.92 Å². The number of nitrogens with one attached hydrogen (secondary N) is 1. The highest BCUT2D eigenvalue weighted by molar-refractivity contribution is 7.88. The van der Waals surface area contributed by atoms with Gasteiger partial charge in [0.2, 0.25) is 15.9 Å². The molecule has 1 unspecified atom stereocenters. The van der Waals surface area contributed by atoms with E-state index >= 15 is 0 Å². The summed E-state index contributed by atoms with van der Waals surface area (Å²) in [6, 6.07) is 7.85. The molecule has 8 heteroatoms. The van der Waals surface area contributed by atoms with Crippen molar-refractivity contribution in [2.45, 2.75) is 19.4 Å². The summed E-state index contributed by atoms with van der Waals surface area (Å²) in [5, 5.41) is 2.92. The van der Waals surface area contributed by atoms with E-state index < -0.39 is 10.0 Å². The maximum Gasteiger partial charge on any atom is 0.224 e. The fourth-order valence-electron chi connectivity index (χ4n) is 2.99. The third kappa shape index (κ3) is 4.46. The van der Waals surface area contributed by atoms with Crippen LogP contribution in [-0.2, 0) is 21.4 Å². The summed E-state index contributed by atoms with van der Waals surface area (Å²) in [6.45, 7) is 1.20. The summed E-state index contributed by atoms with van der Waals surface area (Å²) in [5.74, 6) is -0.374. The van der Waals surface area contributed by atoms with E-state index in [9.17, 15) is 13.2 Å². The van der Waals surface area contributed by atoms with Crippen LogP contribution in [0.3, 0.4) is 0 Å². The van der Waals surface area contributed by atoms with Crippen molar-refractivity contribution < 1.29 is 13.2 Å². The largest absolute Gasteiger partial charge is 0.352 e. The van der Waals surface area contributed by atoms with E-state index in [0.717, 1.165) is 17.7 Å². The van der Waals surface area contributed by atoms with Crippen LogP contribution in [0.25, 0.3) is 5.69 Å². The maximum atomic E-state index is 12.4. The molecular formula is C17H22N4O3S. The first-order valence-corrected chi connectivity index (χ1v) is 10.1. The average Bonchev–Trinajstić information content (AvgIpc) is 3.14. The Morgan fingerprint density at radius 1 is 1.32 bits per heavy atom. The Morgan fingerprint density at radius 2 is 2.08 bits per heavy atom. The summed E-state index contributed by atoms with van der Waals surface area (Å²) >= 11 is 0.